The molecule has 1 N–H and O–H groups in total. The highest BCUT2D eigenvalue weighted by atomic mass is 17.3. The predicted molar refractivity (Wildman–Crippen MR) is 46.4 cm³/mol. The SMILES string of the molecule is CC12OOC1(CO)Oc1ccccc12. The lowest BCUT2D eigenvalue weighted by molar-refractivity contribution is -0.595. The van der Waals surface area contributed by atoms with E-state index in [1.54, 1.807) is 0 Å². The maximum atomic E-state index is 9.25. The van der Waals surface area contributed by atoms with Crippen LogP contribution in [0.4, 0.5) is 0 Å². The quantitative estimate of drug-likeness (QED) is 0.676. The first-order valence-electron chi connectivity index (χ1n) is 4.48. The average molecular weight is 194 g/mol. The highest BCUT2D eigenvalue weighted by Gasteiger charge is 2.69. The fourth-order valence-electron chi connectivity index (χ4n) is 1.96. The van der Waals surface area contributed by atoms with Crippen LogP contribution in [0.15, 0.2) is 24.3 Å². The molecule has 0 saturated carbocycles. The smallest absolute Gasteiger partial charge is 0.299 e. The van der Waals surface area contributed by atoms with Crippen LogP contribution in [0.5, 0.6) is 5.75 Å². The number of aliphatic hydroxyl groups is 1. The summed E-state index contributed by atoms with van der Waals surface area (Å²) in [7, 11) is 0. The molecule has 2 atom stereocenters. The van der Waals surface area contributed by atoms with E-state index >= 15 is 0 Å². The van der Waals surface area contributed by atoms with Crippen molar-refractivity contribution in [3.8, 4) is 5.75 Å². The molecule has 4 heteroatoms. The first-order valence-corrected chi connectivity index (χ1v) is 4.48. The number of fused-ring (bicyclic) bond motifs is 3. The second-order valence-corrected chi connectivity index (χ2v) is 3.71. The lowest BCUT2D eigenvalue weighted by atomic mass is 9.88. The standard InChI is InChI=1S/C10H10O4/c1-9-7-4-2-3-5-8(7)12-10(9,6-11)14-13-9/h2-5,11H,6H2,1H3. The fourth-order valence-corrected chi connectivity index (χ4v) is 1.96. The largest absolute Gasteiger partial charge is 0.453 e. The van der Waals surface area contributed by atoms with Crippen LogP contribution in [0.25, 0.3) is 0 Å². The zero-order chi connectivity index (χ0) is 9.81. The molecule has 4 nitrogen and oxygen atoms in total. The maximum Gasteiger partial charge on any atom is 0.299 e. The van der Waals surface area contributed by atoms with Crippen molar-refractivity contribution in [2.75, 3.05) is 6.61 Å². The summed E-state index contributed by atoms with van der Waals surface area (Å²) in [5, 5.41) is 9.25. The van der Waals surface area contributed by atoms with E-state index in [2.05, 4.69) is 0 Å². The molecule has 14 heavy (non-hydrogen) atoms. The Kier molecular flexibility index (Phi) is 1.34. The Morgan fingerprint density at radius 2 is 2.07 bits per heavy atom. The summed E-state index contributed by atoms with van der Waals surface area (Å²) in [6.45, 7) is 1.62. The predicted octanol–water partition coefficient (Wildman–Crippen LogP) is 0.945. The van der Waals surface area contributed by atoms with Gasteiger partial charge in [0.1, 0.15) is 12.4 Å². The van der Waals surface area contributed by atoms with Crippen molar-refractivity contribution in [1.29, 1.82) is 0 Å². The lowest BCUT2D eigenvalue weighted by Gasteiger charge is -2.46. The first-order chi connectivity index (χ1) is 6.72. The van der Waals surface area contributed by atoms with Gasteiger partial charge in [0.05, 0.1) is 0 Å². The van der Waals surface area contributed by atoms with Gasteiger partial charge < -0.3 is 9.84 Å². The topological polar surface area (TPSA) is 47.9 Å². The summed E-state index contributed by atoms with van der Waals surface area (Å²) in [6.07, 6.45) is 0. The second kappa shape index (κ2) is 2.28. The first kappa shape index (κ1) is 8.23. The molecule has 0 spiro atoms. The summed E-state index contributed by atoms with van der Waals surface area (Å²) in [6, 6.07) is 7.53. The Labute approximate surface area is 80.9 Å². The molecular formula is C10H10O4. The van der Waals surface area contributed by atoms with Gasteiger partial charge in [-0.1, -0.05) is 18.2 Å². The molecule has 2 heterocycles. The zero-order valence-corrected chi connectivity index (χ0v) is 7.69. The van der Waals surface area contributed by atoms with Crippen LogP contribution in [0.3, 0.4) is 0 Å². The monoisotopic (exact) mass is 194 g/mol. The molecule has 0 aliphatic carbocycles. The van der Waals surface area contributed by atoms with Crippen molar-refractivity contribution < 1.29 is 19.6 Å². The van der Waals surface area contributed by atoms with E-state index in [1.165, 1.54) is 0 Å². The third kappa shape index (κ3) is 0.671. The summed E-state index contributed by atoms with van der Waals surface area (Å²) in [4.78, 5) is 9.98. The van der Waals surface area contributed by atoms with Gasteiger partial charge in [0, 0.05) is 5.56 Å². The number of hydrogen-bond acceptors (Lipinski definition) is 4. The summed E-state index contributed by atoms with van der Waals surface area (Å²) < 4.78 is 5.55. The van der Waals surface area contributed by atoms with E-state index in [0.29, 0.717) is 5.75 Å². The Bertz CT molecular complexity index is 387. The van der Waals surface area contributed by atoms with Crippen molar-refractivity contribution in [2.45, 2.75) is 18.3 Å². The third-order valence-corrected chi connectivity index (χ3v) is 2.95. The van der Waals surface area contributed by atoms with Gasteiger partial charge in [0.2, 0.25) is 0 Å². The lowest BCUT2D eigenvalue weighted by Crippen LogP contribution is -2.65. The molecule has 2 aliphatic heterocycles. The maximum absolute atomic E-state index is 9.25. The van der Waals surface area contributed by atoms with Crippen LogP contribution in [0.2, 0.25) is 0 Å². The summed E-state index contributed by atoms with van der Waals surface area (Å²) in [5.41, 5.74) is 0.235. The number of para-hydroxylation sites is 1. The Balaban J connectivity index is 2.17. The van der Waals surface area contributed by atoms with Crippen LogP contribution in [-0.2, 0) is 15.4 Å². The van der Waals surface area contributed by atoms with Crippen LogP contribution >= 0.6 is 0 Å². The van der Waals surface area contributed by atoms with Crippen molar-refractivity contribution >= 4 is 0 Å². The van der Waals surface area contributed by atoms with Crippen molar-refractivity contribution in [3.63, 3.8) is 0 Å². The molecule has 1 aromatic rings. The van der Waals surface area contributed by atoms with Gasteiger partial charge in [-0.2, -0.15) is 4.89 Å². The van der Waals surface area contributed by atoms with E-state index < -0.39 is 11.4 Å². The zero-order valence-electron chi connectivity index (χ0n) is 7.69. The molecule has 74 valence electrons. The molecular weight excluding hydrogens is 184 g/mol. The number of ether oxygens (including phenoxy) is 1. The van der Waals surface area contributed by atoms with E-state index in [4.69, 9.17) is 14.5 Å². The molecule has 0 aromatic heterocycles. The van der Waals surface area contributed by atoms with Crippen molar-refractivity contribution in [3.05, 3.63) is 29.8 Å². The van der Waals surface area contributed by atoms with Gasteiger partial charge >= 0.3 is 0 Å². The number of rotatable bonds is 1. The molecule has 1 aromatic carbocycles. The van der Waals surface area contributed by atoms with E-state index in [0.717, 1.165) is 5.56 Å². The molecule has 3 rings (SSSR count). The number of benzene rings is 1. The van der Waals surface area contributed by atoms with Gasteiger partial charge in [-0.15, -0.1) is 0 Å². The molecule has 1 saturated heterocycles. The van der Waals surface area contributed by atoms with Crippen LogP contribution < -0.4 is 4.74 Å². The molecule has 0 bridgehead atoms. The molecule has 0 radical (unpaired) electrons. The molecule has 0 amide bonds. The van der Waals surface area contributed by atoms with Gasteiger partial charge in [-0.25, -0.2) is 4.89 Å². The Morgan fingerprint density at radius 3 is 2.71 bits per heavy atom. The summed E-state index contributed by atoms with van der Waals surface area (Å²) >= 11 is 0. The molecule has 2 aliphatic rings. The van der Waals surface area contributed by atoms with E-state index in [-0.39, 0.29) is 6.61 Å². The minimum Gasteiger partial charge on any atom is -0.453 e. The molecule has 2 unspecified atom stereocenters. The van der Waals surface area contributed by atoms with Gasteiger partial charge in [0.15, 0.2) is 5.60 Å². The van der Waals surface area contributed by atoms with E-state index in [9.17, 15) is 5.11 Å². The number of hydrogen-bond donors (Lipinski definition) is 1. The van der Waals surface area contributed by atoms with Crippen LogP contribution in [0, 0.1) is 0 Å². The van der Waals surface area contributed by atoms with Gasteiger partial charge in [-0.3, -0.25) is 0 Å². The van der Waals surface area contributed by atoms with Gasteiger partial charge in [-0.05, 0) is 13.0 Å². The number of aliphatic hydroxyl groups excluding tert-OH is 1. The Morgan fingerprint density at radius 1 is 1.29 bits per heavy atom. The summed E-state index contributed by atoms with van der Waals surface area (Å²) in [5.74, 6) is -0.335. The third-order valence-electron chi connectivity index (χ3n) is 2.95. The van der Waals surface area contributed by atoms with Crippen LogP contribution in [-0.4, -0.2) is 17.5 Å². The van der Waals surface area contributed by atoms with Crippen LogP contribution in [0.1, 0.15) is 12.5 Å². The minimum atomic E-state index is -1.04. The normalized spacial score (nSPS) is 38.1. The highest BCUT2D eigenvalue weighted by molar-refractivity contribution is 5.45. The Hall–Kier alpha value is -1.10. The van der Waals surface area contributed by atoms with E-state index in [1.807, 2.05) is 31.2 Å². The van der Waals surface area contributed by atoms with Crippen molar-refractivity contribution in [1.82, 2.24) is 0 Å². The second-order valence-electron chi connectivity index (χ2n) is 3.71. The average Bonchev–Trinajstić information content (AvgIpc) is 2.38. The highest BCUT2D eigenvalue weighted by Crippen LogP contribution is 2.56. The molecule has 1 fully saturated rings. The fraction of sp³-hybridized carbons (Fsp3) is 0.400. The van der Waals surface area contributed by atoms with Gasteiger partial charge in [0.25, 0.3) is 5.79 Å². The minimum absolute atomic E-state index is 0.224. The van der Waals surface area contributed by atoms with Crippen molar-refractivity contribution in [2.24, 2.45) is 0 Å².